The highest BCUT2D eigenvalue weighted by molar-refractivity contribution is 14.0. The molecule has 1 fully saturated rings. The van der Waals surface area contributed by atoms with Crippen LogP contribution >= 0.6 is 24.0 Å². The van der Waals surface area contributed by atoms with Crippen molar-refractivity contribution in [3.8, 4) is 5.75 Å². The topological polar surface area (TPSA) is 74.8 Å². The Morgan fingerprint density at radius 1 is 1.16 bits per heavy atom. The highest BCUT2D eigenvalue weighted by Gasteiger charge is 2.23. The number of benzene rings is 1. The summed E-state index contributed by atoms with van der Waals surface area (Å²) in [5.41, 5.74) is 1.20. The molecule has 1 aromatic rings. The third kappa shape index (κ3) is 8.94. The van der Waals surface area contributed by atoms with Crippen molar-refractivity contribution in [3.05, 3.63) is 29.8 Å². The summed E-state index contributed by atoms with van der Waals surface area (Å²) < 4.78 is 5.50. The zero-order chi connectivity index (χ0) is 17.2. The number of nitrogens with zero attached hydrogens (tertiary/aromatic N) is 1. The van der Waals surface area contributed by atoms with Crippen LogP contribution in [0.1, 0.15) is 32.3 Å². The first-order valence-corrected chi connectivity index (χ1v) is 8.74. The fourth-order valence-electron chi connectivity index (χ4n) is 2.20. The van der Waals surface area contributed by atoms with Gasteiger partial charge in [0.1, 0.15) is 5.75 Å². The van der Waals surface area contributed by atoms with Crippen molar-refractivity contribution in [2.24, 2.45) is 4.99 Å². The SMILES string of the molecule is CCNC(=NCCc1ccc(OCC(=O)NC2CC2)cc1)NCC.I. The standard InChI is InChI=1S/C18H28N4O2.HI/c1-3-19-18(20-4-2)21-12-11-14-5-9-16(10-6-14)24-13-17(23)22-15-7-8-15;/h5-6,9-10,15H,3-4,7-8,11-13H2,1-2H3,(H,22,23)(H2,19,20,21);1H. The maximum atomic E-state index is 11.6. The van der Waals surface area contributed by atoms with Gasteiger partial charge in [0.05, 0.1) is 0 Å². The van der Waals surface area contributed by atoms with Crippen molar-refractivity contribution < 1.29 is 9.53 Å². The van der Waals surface area contributed by atoms with Crippen molar-refractivity contribution in [1.29, 1.82) is 0 Å². The summed E-state index contributed by atoms with van der Waals surface area (Å²) in [6, 6.07) is 8.21. The summed E-state index contributed by atoms with van der Waals surface area (Å²) in [5.74, 6) is 1.52. The van der Waals surface area contributed by atoms with Crippen LogP contribution in [0.2, 0.25) is 0 Å². The number of halogens is 1. The minimum Gasteiger partial charge on any atom is -0.484 e. The molecule has 0 aliphatic heterocycles. The van der Waals surface area contributed by atoms with Crippen molar-refractivity contribution in [2.45, 2.75) is 39.2 Å². The van der Waals surface area contributed by atoms with Gasteiger partial charge in [-0.1, -0.05) is 12.1 Å². The lowest BCUT2D eigenvalue weighted by atomic mass is 10.1. The molecule has 6 nitrogen and oxygen atoms in total. The predicted molar refractivity (Wildman–Crippen MR) is 112 cm³/mol. The maximum Gasteiger partial charge on any atom is 0.258 e. The molecule has 0 aromatic heterocycles. The summed E-state index contributed by atoms with van der Waals surface area (Å²) in [6.07, 6.45) is 3.04. The highest BCUT2D eigenvalue weighted by Crippen LogP contribution is 2.18. The summed E-state index contributed by atoms with van der Waals surface area (Å²) in [4.78, 5) is 16.1. The van der Waals surface area contributed by atoms with Crippen molar-refractivity contribution in [1.82, 2.24) is 16.0 Å². The highest BCUT2D eigenvalue weighted by atomic mass is 127. The molecule has 25 heavy (non-hydrogen) atoms. The minimum absolute atomic E-state index is 0. The van der Waals surface area contributed by atoms with Crippen LogP contribution in [0.3, 0.4) is 0 Å². The van der Waals surface area contributed by atoms with Crippen LogP contribution in [0.25, 0.3) is 0 Å². The van der Waals surface area contributed by atoms with E-state index in [-0.39, 0.29) is 36.5 Å². The summed E-state index contributed by atoms with van der Waals surface area (Å²) >= 11 is 0. The van der Waals surface area contributed by atoms with Crippen LogP contribution in [0.5, 0.6) is 5.75 Å². The number of hydrogen-bond acceptors (Lipinski definition) is 3. The van der Waals surface area contributed by atoms with Crippen molar-refractivity contribution in [2.75, 3.05) is 26.2 Å². The number of ether oxygens (including phenoxy) is 1. The Bertz CT molecular complexity index is 537. The second-order valence-corrected chi connectivity index (χ2v) is 5.82. The van der Waals surface area contributed by atoms with Crippen LogP contribution in [-0.4, -0.2) is 44.1 Å². The van der Waals surface area contributed by atoms with Gasteiger partial charge in [-0.15, -0.1) is 24.0 Å². The average Bonchev–Trinajstić information content (AvgIpc) is 3.38. The normalized spacial score (nSPS) is 12.6. The van der Waals surface area contributed by atoms with Crippen molar-refractivity contribution >= 4 is 35.8 Å². The van der Waals surface area contributed by atoms with Crippen molar-refractivity contribution in [3.63, 3.8) is 0 Å². The molecule has 1 aromatic carbocycles. The van der Waals surface area contributed by atoms with E-state index < -0.39 is 0 Å². The zero-order valence-corrected chi connectivity index (χ0v) is 17.3. The first-order chi connectivity index (χ1) is 11.7. The van der Waals surface area contributed by atoms with E-state index in [4.69, 9.17) is 4.74 Å². The monoisotopic (exact) mass is 460 g/mol. The lowest BCUT2D eigenvalue weighted by molar-refractivity contribution is -0.123. The van der Waals surface area contributed by atoms with Gasteiger partial charge in [0.25, 0.3) is 5.91 Å². The second kappa shape index (κ2) is 11.9. The van der Waals surface area contributed by atoms with Crippen LogP contribution < -0.4 is 20.7 Å². The van der Waals surface area contributed by atoms with Crippen LogP contribution in [0.4, 0.5) is 0 Å². The first kappa shape index (κ1) is 21.5. The predicted octanol–water partition coefficient (Wildman–Crippen LogP) is 2.08. The summed E-state index contributed by atoms with van der Waals surface area (Å²) in [6.45, 7) is 6.61. The molecule has 0 unspecified atom stereocenters. The van der Waals surface area contributed by atoms with E-state index >= 15 is 0 Å². The molecule has 1 aliphatic rings. The Kier molecular flexibility index (Phi) is 10.3. The lowest BCUT2D eigenvalue weighted by Gasteiger charge is -2.09. The lowest BCUT2D eigenvalue weighted by Crippen LogP contribution is -2.37. The van der Waals surface area contributed by atoms with E-state index in [0.29, 0.717) is 11.8 Å². The molecule has 0 saturated heterocycles. The second-order valence-electron chi connectivity index (χ2n) is 5.82. The van der Waals surface area contributed by atoms with E-state index in [0.717, 1.165) is 44.9 Å². The Labute approximate surface area is 167 Å². The van der Waals surface area contributed by atoms with Gasteiger partial charge in [0.2, 0.25) is 0 Å². The number of carbonyl (C=O) groups is 1. The molecule has 3 N–H and O–H groups in total. The fourth-order valence-corrected chi connectivity index (χ4v) is 2.20. The number of aliphatic imine (C=N–C) groups is 1. The Morgan fingerprint density at radius 3 is 2.36 bits per heavy atom. The molecule has 7 heteroatoms. The molecule has 0 atom stereocenters. The average molecular weight is 460 g/mol. The number of carbonyl (C=O) groups excluding carboxylic acids is 1. The summed E-state index contributed by atoms with van der Waals surface area (Å²) in [5, 5.41) is 9.31. The number of rotatable bonds is 9. The number of nitrogens with one attached hydrogen (secondary N) is 3. The summed E-state index contributed by atoms with van der Waals surface area (Å²) in [7, 11) is 0. The Morgan fingerprint density at radius 2 is 1.80 bits per heavy atom. The van der Waals surface area contributed by atoms with Gasteiger partial charge < -0.3 is 20.7 Å². The first-order valence-electron chi connectivity index (χ1n) is 8.74. The number of guanidine groups is 1. The van der Waals surface area contributed by atoms with Gasteiger partial charge in [0.15, 0.2) is 12.6 Å². The Balaban J connectivity index is 0.00000312. The number of hydrogen-bond donors (Lipinski definition) is 3. The molecule has 1 saturated carbocycles. The van der Waals surface area contributed by atoms with E-state index in [1.807, 2.05) is 24.3 Å². The van der Waals surface area contributed by atoms with Gasteiger partial charge in [0, 0.05) is 25.7 Å². The fraction of sp³-hybridized carbons (Fsp3) is 0.556. The van der Waals surface area contributed by atoms with Gasteiger partial charge in [-0.2, -0.15) is 0 Å². The van der Waals surface area contributed by atoms with Gasteiger partial charge in [-0.05, 0) is 50.8 Å². The minimum atomic E-state index is -0.0460. The van der Waals surface area contributed by atoms with E-state index in [2.05, 4.69) is 34.8 Å². The van der Waals surface area contributed by atoms with E-state index in [1.165, 1.54) is 5.56 Å². The molecule has 2 rings (SSSR count). The molecule has 0 heterocycles. The molecule has 1 amide bonds. The van der Waals surface area contributed by atoms with E-state index in [9.17, 15) is 4.79 Å². The largest absolute Gasteiger partial charge is 0.484 e. The van der Waals surface area contributed by atoms with Gasteiger partial charge in [-0.25, -0.2) is 0 Å². The quantitative estimate of drug-likeness (QED) is 0.300. The van der Waals surface area contributed by atoms with Gasteiger partial charge >= 0.3 is 0 Å². The van der Waals surface area contributed by atoms with E-state index in [1.54, 1.807) is 0 Å². The molecule has 0 bridgehead atoms. The van der Waals surface area contributed by atoms with Crippen LogP contribution in [0.15, 0.2) is 29.3 Å². The molecule has 0 spiro atoms. The Hall–Kier alpha value is -1.51. The molecule has 140 valence electrons. The maximum absolute atomic E-state index is 11.6. The molecular weight excluding hydrogens is 431 g/mol. The molecular formula is C18H29IN4O2. The third-order valence-electron chi connectivity index (χ3n) is 3.59. The molecule has 0 radical (unpaired) electrons. The number of amides is 1. The smallest absolute Gasteiger partial charge is 0.258 e. The third-order valence-corrected chi connectivity index (χ3v) is 3.59. The van der Waals surface area contributed by atoms with Crippen LogP contribution in [0, 0.1) is 0 Å². The van der Waals surface area contributed by atoms with Gasteiger partial charge in [-0.3, -0.25) is 9.79 Å². The van der Waals surface area contributed by atoms with Crippen LogP contribution in [-0.2, 0) is 11.2 Å². The molecule has 1 aliphatic carbocycles. The zero-order valence-electron chi connectivity index (χ0n) is 15.0.